The number of hydrazine groups is 1. The third kappa shape index (κ3) is 2.12. The first-order valence-electron chi connectivity index (χ1n) is 9.20. The van der Waals surface area contributed by atoms with Crippen molar-refractivity contribution in [1.82, 2.24) is 10.0 Å². The van der Waals surface area contributed by atoms with E-state index in [-0.39, 0.29) is 22.6 Å². The highest BCUT2D eigenvalue weighted by Gasteiger charge is 2.61. The van der Waals surface area contributed by atoms with Gasteiger partial charge >= 0.3 is 0 Å². The van der Waals surface area contributed by atoms with E-state index in [1.165, 1.54) is 0 Å². The van der Waals surface area contributed by atoms with Gasteiger partial charge in [-0.3, -0.25) is 14.6 Å². The summed E-state index contributed by atoms with van der Waals surface area (Å²) >= 11 is 0. The minimum atomic E-state index is -1.50. The zero-order valence-corrected chi connectivity index (χ0v) is 16.5. The Hall–Kier alpha value is -3.11. The Labute approximate surface area is 164 Å². The molecule has 7 heteroatoms. The number of amides is 1. The molecule has 0 bridgehead atoms. The lowest BCUT2D eigenvalue weighted by Crippen LogP contribution is -2.54. The molecule has 1 atom stereocenters. The molecule has 4 rings (SSSR count). The van der Waals surface area contributed by atoms with Gasteiger partial charge in [0.15, 0.2) is 5.78 Å². The monoisotopic (exact) mass is 377 g/mol. The number of nitrogens with one attached hydrogen (secondary N) is 1. The fourth-order valence-corrected chi connectivity index (χ4v) is 4.81. The number of benzene rings is 1. The lowest BCUT2D eigenvalue weighted by Gasteiger charge is -2.48. The van der Waals surface area contributed by atoms with Gasteiger partial charge in [-0.15, -0.1) is 0 Å². The first kappa shape index (κ1) is 18.3. The zero-order chi connectivity index (χ0) is 20.4. The fraction of sp³-hybridized carbons (Fsp3) is 0.381. The minimum Gasteiger partial charge on any atom is -0.383 e. The van der Waals surface area contributed by atoms with Crippen LogP contribution < -0.4 is 11.1 Å². The average molecular weight is 377 g/mol. The lowest BCUT2D eigenvalue weighted by atomic mass is 9.61. The van der Waals surface area contributed by atoms with E-state index in [1.54, 1.807) is 36.2 Å². The first-order chi connectivity index (χ1) is 13.1. The van der Waals surface area contributed by atoms with Gasteiger partial charge in [0, 0.05) is 43.0 Å². The summed E-state index contributed by atoms with van der Waals surface area (Å²) in [5.41, 5.74) is 7.07. The molecule has 1 aromatic carbocycles. The number of anilines is 1. The summed E-state index contributed by atoms with van der Waals surface area (Å²) in [6.45, 7) is 4.05. The van der Waals surface area contributed by atoms with Crippen LogP contribution in [-0.4, -0.2) is 35.8 Å². The summed E-state index contributed by atoms with van der Waals surface area (Å²) < 4.78 is 0. The molecule has 1 amide bonds. The Balaban J connectivity index is 2.14. The smallest absolute Gasteiger partial charge is 0.245 e. The second-order valence-corrected chi connectivity index (χ2v) is 8.54. The number of rotatable bonds is 1. The Morgan fingerprint density at radius 1 is 1.21 bits per heavy atom. The van der Waals surface area contributed by atoms with E-state index in [9.17, 15) is 14.9 Å². The maximum atomic E-state index is 13.4. The number of carbonyl (C=O) groups is 2. The Morgan fingerprint density at radius 3 is 2.54 bits per heavy atom. The van der Waals surface area contributed by atoms with E-state index >= 15 is 0 Å². The Morgan fingerprint density at radius 2 is 1.89 bits per heavy atom. The quantitative estimate of drug-likeness (QED) is 0.776. The van der Waals surface area contributed by atoms with Crippen molar-refractivity contribution in [1.29, 1.82) is 5.26 Å². The maximum absolute atomic E-state index is 13.4. The molecule has 0 fully saturated rings. The first-order valence-corrected chi connectivity index (χ1v) is 9.20. The van der Waals surface area contributed by atoms with Crippen LogP contribution in [0.3, 0.4) is 0 Å². The molecular formula is C21H23N5O2. The average Bonchev–Trinajstić information content (AvgIpc) is 2.86. The predicted octanol–water partition coefficient (Wildman–Crippen LogP) is 2.01. The molecule has 0 unspecified atom stereocenters. The molecule has 3 aliphatic rings. The fourth-order valence-electron chi connectivity index (χ4n) is 4.81. The van der Waals surface area contributed by atoms with Gasteiger partial charge in [-0.25, -0.2) is 5.01 Å². The van der Waals surface area contributed by atoms with Crippen molar-refractivity contribution in [3.8, 4) is 6.07 Å². The van der Waals surface area contributed by atoms with Crippen molar-refractivity contribution < 1.29 is 9.59 Å². The largest absolute Gasteiger partial charge is 0.383 e. The van der Waals surface area contributed by atoms with Gasteiger partial charge in [-0.2, -0.15) is 5.26 Å². The molecule has 7 nitrogen and oxygen atoms in total. The van der Waals surface area contributed by atoms with Crippen molar-refractivity contribution in [2.24, 2.45) is 11.1 Å². The number of allylic oxidation sites excluding steroid dienone is 1. The highest BCUT2D eigenvalue weighted by molar-refractivity contribution is 6.19. The molecule has 0 aromatic heterocycles. The summed E-state index contributed by atoms with van der Waals surface area (Å²) in [7, 11) is 3.61. The van der Waals surface area contributed by atoms with E-state index in [0.717, 1.165) is 0 Å². The number of fused-ring (bicyclic) bond motifs is 3. The standard InChI is InChI=1S/C21H23N5O2/c1-20(2)9-15-17(16(27)10-20)21(13(11-22)18(23)26(15)25(3)4)12-7-5-6-8-14(12)24-19(21)28/h5-8H,9-10,23H2,1-4H3,(H,24,28)/t21-/m1/s1. The third-order valence-corrected chi connectivity index (χ3v) is 5.77. The maximum Gasteiger partial charge on any atom is 0.245 e. The Kier molecular flexibility index (Phi) is 3.71. The van der Waals surface area contributed by atoms with Crippen LogP contribution in [-0.2, 0) is 15.0 Å². The summed E-state index contributed by atoms with van der Waals surface area (Å²) in [6, 6.07) is 9.35. The molecule has 1 spiro atoms. The van der Waals surface area contributed by atoms with Crippen molar-refractivity contribution in [2.75, 3.05) is 19.4 Å². The highest BCUT2D eigenvalue weighted by atomic mass is 16.2. The zero-order valence-electron chi connectivity index (χ0n) is 16.5. The predicted molar refractivity (Wildman–Crippen MR) is 104 cm³/mol. The van der Waals surface area contributed by atoms with E-state index in [0.29, 0.717) is 35.4 Å². The van der Waals surface area contributed by atoms with Crippen molar-refractivity contribution in [2.45, 2.75) is 32.1 Å². The van der Waals surface area contributed by atoms with Gasteiger partial charge < -0.3 is 11.1 Å². The second kappa shape index (κ2) is 5.69. The summed E-state index contributed by atoms with van der Waals surface area (Å²) in [4.78, 5) is 26.8. The number of hydrogen-bond acceptors (Lipinski definition) is 6. The van der Waals surface area contributed by atoms with E-state index in [1.807, 2.05) is 26.0 Å². The highest BCUT2D eigenvalue weighted by Crippen LogP contribution is 2.56. The molecule has 3 N–H and O–H groups in total. The number of Topliss-reactive ketones (excluding diaryl/α,β-unsaturated/α-hetero) is 1. The molecule has 28 heavy (non-hydrogen) atoms. The van der Waals surface area contributed by atoms with Gasteiger partial charge in [0.1, 0.15) is 17.3 Å². The Bertz CT molecular complexity index is 1030. The van der Waals surface area contributed by atoms with Crippen LogP contribution in [0, 0.1) is 16.7 Å². The van der Waals surface area contributed by atoms with Crippen LogP contribution in [0.15, 0.2) is 46.9 Å². The number of nitrogens with two attached hydrogens (primary N) is 1. The van der Waals surface area contributed by atoms with Crippen LogP contribution >= 0.6 is 0 Å². The van der Waals surface area contributed by atoms with Gasteiger partial charge in [0.2, 0.25) is 5.91 Å². The van der Waals surface area contributed by atoms with Gasteiger partial charge in [0.25, 0.3) is 0 Å². The molecule has 1 aliphatic carbocycles. The normalized spacial score (nSPS) is 25.8. The van der Waals surface area contributed by atoms with Crippen LogP contribution in [0.25, 0.3) is 0 Å². The number of nitriles is 1. The summed E-state index contributed by atoms with van der Waals surface area (Å²) in [5.74, 6) is -0.332. The van der Waals surface area contributed by atoms with Gasteiger partial charge in [0.05, 0.1) is 5.57 Å². The number of hydrogen-bond donors (Lipinski definition) is 2. The third-order valence-electron chi connectivity index (χ3n) is 5.77. The lowest BCUT2D eigenvalue weighted by molar-refractivity contribution is -0.124. The van der Waals surface area contributed by atoms with Crippen molar-refractivity contribution in [3.05, 3.63) is 52.5 Å². The van der Waals surface area contributed by atoms with Crippen molar-refractivity contribution in [3.63, 3.8) is 0 Å². The van der Waals surface area contributed by atoms with E-state index < -0.39 is 11.3 Å². The summed E-state index contributed by atoms with van der Waals surface area (Å²) in [5, 5.41) is 16.4. The minimum absolute atomic E-state index is 0.0930. The molecule has 0 radical (unpaired) electrons. The van der Waals surface area contributed by atoms with Crippen LogP contribution in [0.1, 0.15) is 32.3 Å². The summed E-state index contributed by atoms with van der Waals surface area (Å²) in [6.07, 6.45) is 0.881. The molecule has 2 heterocycles. The number of ketones is 1. The number of carbonyl (C=O) groups excluding carboxylic acids is 2. The SMILES string of the molecule is CN(C)N1C(N)=C(C#N)[C@@]2(C(=O)Nc3ccccc32)C2=C1CC(C)(C)CC2=O. The molecule has 144 valence electrons. The second-order valence-electron chi connectivity index (χ2n) is 8.54. The molecule has 0 saturated carbocycles. The van der Waals surface area contributed by atoms with Crippen LogP contribution in [0.2, 0.25) is 0 Å². The van der Waals surface area contributed by atoms with Gasteiger partial charge in [-0.1, -0.05) is 32.0 Å². The molecule has 2 aliphatic heterocycles. The van der Waals surface area contributed by atoms with Crippen LogP contribution in [0.5, 0.6) is 0 Å². The van der Waals surface area contributed by atoms with Crippen molar-refractivity contribution >= 4 is 17.4 Å². The topological polar surface area (TPSA) is 102 Å². The van der Waals surface area contributed by atoms with Gasteiger partial charge in [-0.05, 0) is 17.9 Å². The van der Waals surface area contributed by atoms with E-state index in [2.05, 4.69) is 11.4 Å². The van der Waals surface area contributed by atoms with Crippen LogP contribution in [0.4, 0.5) is 5.69 Å². The molecule has 1 aromatic rings. The number of nitrogens with zero attached hydrogens (tertiary/aromatic N) is 3. The molecular weight excluding hydrogens is 354 g/mol. The van der Waals surface area contributed by atoms with E-state index in [4.69, 9.17) is 5.73 Å². The number of para-hydroxylation sites is 1. The molecule has 0 saturated heterocycles.